The molecule has 0 heterocycles. The van der Waals surface area contributed by atoms with E-state index >= 15 is 0 Å². The molecule has 6 nitrogen and oxygen atoms in total. The van der Waals surface area contributed by atoms with Crippen molar-refractivity contribution < 1.29 is 9.53 Å². The minimum atomic E-state index is -0.489. The molecule has 1 aliphatic rings. The van der Waals surface area contributed by atoms with Crippen LogP contribution in [0.15, 0.2) is 4.99 Å². The molecule has 22 heavy (non-hydrogen) atoms. The zero-order chi connectivity index (χ0) is 16.8. The maximum atomic E-state index is 11.8. The van der Waals surface area contributed by atoms with Crippen LogP contribution in [0.2, 0.25) is 0 Å². The van der Waals surface area contributed by atoms with Crippen molar-refractivity contribution in [2.75, 3.05) is 13.6 Å². The molecule has 3 N–H and O–H groups in total. The number of alkyl carbamates (subject to hydrolysis) is 1. The molecule has 0 radical (unpaired) electrons. The van der Waals surface area contributed by atoms with Crippen molar-refractivity contribution in [3.63, 3.8) is 0 Å². The van der Waals surface area contributed by atoms with E-state index in [9.17, 15) is 4.79 Å². The van der Waals surface area contributed by atoms with Crippen LogP contribution in [0, 0.1) is 0 Å². The third-order valence-electron chi connectivity index (χ3n) is 3.54. The molecule has 6 heteroatoms. The summed E-state index contributed by atoms with van der Waals surface area (Å²) in [6.45, 7) is 8.14. The Morgan fingerprint density at radius 3 is 2.59 bits per heavy atom. The Morgan fingerprint density at radius 1 is 1.45 bits per heavy atom. The van der Waals surface area contributed by atoms with Gasteiger partial charge in [-0.15, -0.1) is 0 Å². The maximum absolute atomic E-state index is 11.8. The lowest BCUT2D eigenvalue weighted by atomic mass is 10.1. The molecule has 0 bridgehead atoms. The van der Waals surface area contributed by atoms with Gasteiger partial charge >= 0.3 is 6.09 Å². The fraction of sp³-hybridized carbons (Fsp3) is 0.875. The highest BCUT2D eigenvalue weighted by Crippen LogP contribution is 2.25. The standard InChI is InChI=1S/C16H32N4O2/c1-6-7-8-12(11-18-15(21)22-16(2,3)4)19-14(17)20(5)13-9-10-13/h12-13H,6-11H2,1-5H3,(H2,17,19)(H,18,21). The molecule has 1 saturated carbocycles. The number of aliphatic imine (C=N–C) groups is 1. The van der Waals surface area contributed by atoms with E-state index in [1.165, 1.54) is 12.8 Å². The van der Waals surface area contributed by atoms with E-state index in [0.29, 0.717) is 18.5 Å². The molecule has 1 amide bonds. The number of ether oxygens (including phenoxy) is 1. The van der Waals surface area contributed by atoms with Crippen LogP contribution in [0.25, 0.3) is 0 Å². The third-order valence-corrected chi connectivity index (χ3v) is 3.54. The Balaban J connectivity index is 2.52. The van der Waals surface area contributed by atoms with Crippen molar-refractivity contribution in [1.82, 2.24) is 10.2 Å². The summed E-state index contributed by atoms with van der Waals surface area (Å²) in [4.78, 5) is 18.4. The first-order valence-corrected chi connectivity index (χ1v) is 8.26. The summed E-state index contributed by atoms with van der Waals surface area (Å²) in [6.07, 6.45) is 5.02. The molecule has 0 saturated heterocycles. The van der Waals surface area contributed by atoms with Gasteiger partial charge in [-0.3, -0.25) is 0 Å². The highest BCUT2D eigenvalue weighted by molar-refractivity contribution is 5.78. The van der Waals surface area contributed by atoms with E-state index in [0.717, 1.165) is 19.3 Å². The Morgan fingerprint density at radius 2 is 2.09 bits per heavy atom. The quantitative estimate of drug-likeness (QED) is 0.559. The predicted molar refractivity (Wildman–Crippen MR) is 90.0 cm³/mol. The average molecular weight is 312 g/mol. The van der Waals surface area contributed by atoms with Gasteiger partial charge in [-0.25, -0.2) is 9.79 Å². The Labute approximate surface area is 134 Å². The normalized spacial score (nSPS) is 17.0. The van der Waals surface area contributed by atoms with Gasteiger partial charge in [-0.2, -0.15) is 0 Å². The highest BCUT2D eigenvalue weighted by atomic mass is 16.6. The maximum Gasteiger partial charge on any atom is 0.407 e. The van der Waals surface area contributed by atoms with Crippen LogP contribution in [0.4, 0.5) is 4.79 Å². The molecule has 1 aliphatic carbocycles. The topological polar surface area (TPSA) is 79.9 Å². The van der Waals surface area contributed by atoms with Crippen LogP contribution >= 0.6 is 0 Å². The molecule has 128 valence electrons. The number of hydrogen-bond acceptors (Lipinski definition) is 3. The number of nitrogens with zero attached hydrogens (tertiary/aromatic N) is 2. The molecule has 0 aromatic rings. The first-order valence-electron chi connectivity index (χ1n) is 8.26. The molecule has 1 unspecified atom stereocenters. The lowest BCUT2D eigenvalue weighted by molar-refractivity contribution is 0.0524. The second kappa shape index (κ2) is 8.25. The highest BCUT2D eigenvalue weighted by Gasteiger charge is 2.27. The van der Waals surface area contributed by atoms with E-state index in [4.69, 9.17) is 10.5 Å². The van der Waals surface area contributed by atoms with Gasteiger partial charge in [0.25, 0.3) is 0 Å². The third kappa shape index (κ3) is 7.52. The zero-order valence-electron chi connectivity index (χ0n) is 14.7. The molecule has 0 aliphatic heterocycles. The Kier molecular flexibility index (Phi) is 6.97. The number of nitrogens with one attached hydrogen (secondary N) is 1. The lowest BCUT2D eigenvalue weighted by Crippen LogP contribution is -2.40. The summed E-state index contributed by atoms with van der Waals surface area (Å²) in [7, 11) is 1.98. The molecule has 1 atom stereocenters. The Bertz CT molecular complexity index is 386. The van der Waals surface area contributed by atoms with E-state index in [1.807, 2.05) is 32.7 Å². The largest absolute Gasteiger partial charge is 0.444 e. The summed E-state index contributed by atoms with van der Waals surface area (Å²) in [5.74, 6) is 0.564. The minimum absolute atomic E-state index is 0.00586. The first kappa shape index (κ1) is 18.6. The number of guanidine groups is 1. The van der Waals surface area contributed by atoms with Crippen LogP contribution in [0.1, 0.15) is 59.8 Å². The second-order valence-corrected chi connectivity index (χ2v) is 7.01. The number of carbonyl (C=O) groups is 1. The van der Waals surface area contributed by atoms with Crippen LogP contribution in [0.5, 0.6) is 0 Å². The first-order chi connectivity index (χ1) is 10.2. The minimum Gasteiger partial charge on any atom is -0.444 e. The summed E-state index contributed by atoms with van der Waals surface area (Å²) in [5.41, 5.74) is 5.58. The van der Waals surface area contributed by atoms with Gasteiger partial charge in [-0.05, 0) is 40.0 Å². The monoisotopic (exact) mass is 312 g/mol. The Hall–Kier alpha value is -1.46. The SMILES string of the molecule is CCCCC(CNC(=O)OC(C)(C)C)N=C(N)N(C)C1CC1. The van der Waals surface area contributed by atoms with Gasteiger partial charge in [-0.1, -0.05) is 19.8 Å². The number of unbranched alkanes of at least 4 members (excludes halogenated alkanes) is 1. The molecule has 0 aromatic carbocycles. The average Bonchev–Trinajstić information content (AvgIpc) is 3.23. The summed E-state index contributed by atoms with van der Waals surface area (Å²) < 4.78 is 5.25. The van der Waals surface area contributed by atoms with Crippen LogP contribution in [-0.2, 0) is 4.74 Å². The van der Waals surface area contributed by atoms with E-state index in [1.54, 1.807) is 0 Å². The van der Waals surface area contributed by atoms with Gasteiger partial charge in [0, 0.05) is 19.6 Å². The van der Waals surface area contributed by atoms with Crippen molar-refractivity contribution in [1.29, 1.82) is 0 Å². The van der Waals surface area contributed by atoms with E-state index < -0.39 is 11.7 Å². The van der Waals surface area contributed by atoms with E-state index in [2.05, 4.69) is 17.2 Å². The van der Waals surface area contributed by atoms with Gasteiger partial charge in [0.1, 0.15) is 5.60 Å². The lowest BCUT2D eigenvalue weighted by Gasteiger charge is -2.22. The van der Waals surface area contributed by atoms with Crippen molar-refractivity contribution in [3.8, 4) is 0 Å². The number of rotatable bonds is 7. The molecule has 0 spiro atoms. The van der Waals surface area contributed by atoms with Crippen LogP contribution < -0.4 is 11.1 Å². The number of hydrogen-bond donors (Lipinski definition) is 2. The number of carbonyl (C=O) groups excluding carboxylic acids is 1. The van der Waals surface area contributed by atoms with Crippen molar-refractivity contribution >= 4 is 12.1 Å². The van der Waals surface area contributed by atoms with Gasteiger partial charge in [0.15, 0.2) is 5.96 Å². The number of amides is 1. The van der Waals surface area contributed by atoms with Crippen LogP contribution in [0.3, 0.4) is 0 Å². The molecule has 1 fully saturated rings. The summed E-state index contributed by atoms with van der Waals surface area (Å²) in [5, 5.41) is 2.80. The van der Waals surface area contributed by atoms with E-state index in [-0.39, 0.29) is 6.04 Å². The van der Waals surface area contributed by atoms with Crippen molar-refractivity contribution in [2.24, 2.45) is 10.7 Å². The fourth-order valence-electron chi connectivity index (χ4n) is 2.09. The number of nitrogens with two attached hydrogens (primary N) is 1. The van der Waals surface area contributed by atoms with Gasteiger partial charge < -0.3 is 20.7 Å². The summed E-state index contributed by atoms with van der Waals surface area (Å²) in [6, 6.07) is 0.531. The molecular formula is C16H32N4O2. The van der Waals surface area contributed by atoms with Crippen LogP contribution in [-0.4, -0.2) is 48.2 Å². The predicted octanol–water partition coefficient (Wildman–Crippen LogP) is 2.48. The summed E-state index contributed by atoms with van der Waals surface area (Å²) >= 11 is 0. The molecule has 0 aromatic heterocycles. The van der Waals surface area contributed by atoms with Gasteiger partial charge in [0.2, 0.25) is 0 Å². The second-order valence-electron chi connectivity index (χ2n) is 7.01. The fourth-order valence-corrected chi connectivity index (χ4v) is 2.09. The molecule has 1 rings (SSSR count). The smallest absolute Gasteiger partial charge is 0.407 e. The van der Waals surface area contributed by atoms with Crippen molar-refractivity contribution in [3.05, 3.63) is 0 Å². The van der Waals surface area contributed by atoms with Gasteiger partial charge in [0.05, 0.1) is 6.04 Å². The van der Waals surface area contributed by atoms with Crippen molar-refractivity contribution in [2.45, 2.75) is 77.5 Å². The molecular weight excluding hydrogens is 280 g/mol. The zero-order valence-corrected chi connectivity index (χ0v) is 14.7.